The van der Waals surface area contributed by atoms with Crippen LogP contribution in [0.25, 0.3) is 5.76 Å². The zero-order valence-electron chi connectivity index (χ0n) is 17.4. The largest absolute Gasteiger partial charge is 0.507 e. The Kier molecular flexibility index (Phi) is 6.83. The maximum atomic E-state index is 13.0. The number of aliphatic hydroxyl groups excluding tert-OH is 1. The summed E-state index contributed by atoms with van der Waals surface area (Å²) >= 11 is 6.10. The average Bonchev–Trinajstić information content (AvgIpc) is 2.99. The molecule has 2 aromatic rings. The van der Waals surface area contributed by atoms with E-state index in [9.17, 15) is 14.7 Å². The lowest BCUT2D eigenvalue weighted by atomic mass is 9.92. The third-order valence-corrected chi connectivity index (χ3v) is 5.76. The number of ether oxygens (including phenoxy) is 1. The molecule has 1 fully saturated rings. The van der Waals surface area contributed by atoms with Crippen molar-refractivity contribution in [3.63, 3.8) is 0 Å². The Labute approximate surface area is 181 Å². The number of carbonyl (C=O) groups is 2. The summed E-state index contributed by atoms with van der Waals surface area (Å²) in [4.78, 5) is 27.5. The molecule has 1 amide bonds. The molecule has 1 heterocycles. The number of benzene rings is 2. The van der Waals surface area contributed by atoms with Crippen LogP contribution in [-0.4, -0.2) is 35.4 Å². The molecule has 0 aliphatic carbocycles. The minimum atomic E-state index is -0.675. The van der Waals surface area contributed by atoms with Gasteiger partial charge in [0.05, 0.1) is 23.7 Å². The number of amides is 1. The monoisotopic (exact) mass is 427 g/mol. The number of likely N-dealkylation sites (tertiary alicyclic amines) is 1. The number of methoxy groups -OCH3 is 1. The van der Waals surface area contributed by atoms with E-state index in [1.54, 1.807) is 23.1 Å². The van der Waals surface area contributed by atoms with Crippen LogP contribution in [0, 0.1) is 6.92 Å². The molecule has 1 aliphatic heterocycles. The zero-order valence-corrected chi connectivity index (χ0v) is 18.2. The number of Topliss-reactive ketones (excluding diaryl/α,β-unsaturated/α-hetero) is 1. The van der Waals surface area contributed by atoms with Gasteiger partial charge >= 0.3 is 0 Å². The Bertz CT molecular complexity index is 998. The number of unbranched alkanes of at least 4 members (excludes halogenated alkanes) is 2. The number of hydrogen-bond acceptors (Lipinski definition) is 4. The summed E-state index contributed by atoms with van der Waals surface area (Å²) in [6, 6.07) is 11.8. The molecule has 6 heteroatoms. The number of aliphatic hydroxyl groups is 1. The molecule has 0 spiro atoms. The van der Waals surface area contributed by atoms with Crippen molar-refractivity contribution in [2.24, 2.45) is 0 Å². The van der Waals surface area contributed by atoms with E-state index in [2.05, 4.69) is 6.92 Å². The van der Waals surface area contributed by atoms with Gasteiger partial charge in [-0.25, -0.2) is 0 Å². The first-order valence-corrected chi connectivity index (χ1v) is 10.5. The van der Waals surface area contributed by atoms with Crippen molar-refractivity contribution >= 4 is 29.1 Å². The number of hydrogen-bond donors (Lipinski definition) is 1. The Hall–Kier alpha value is -2.79. The van der Waals surface area contributed by atoms with Gasteiger partial charge in [0.1, 0.15) is 11.5 Å². The molecule has 158 valence electrons. The summed E-state index contributed by atoms with van der Waals surface area (Å²) in [6.45, 7) is 4.48. The van der Waals surface area contributed by atoms with Crippen LogP contribution in [-0.2, 0) is 9.59 Å². The van der Waals surface area contributed by atoms with Crippen LogP contribution in [0.5, 0.6) is 5.75 Å². The van der Waals surface area contributed by atoms with Crippen molar-refractivity contribution in [3.8, 4) is 5.75 Å². The molecule has 1 saturated heterocycles. The lowest BCUT2D eigenvalue weighted by Gasteiger charge is -2.26. The van der Waals surface area contributed by atoms with Crippen molar-refractivity contribution < 1.29 is 19.4 Å². The Morgan fingerprint density at radius 1 is 1.17 bits per heavy atom. The molecule has 30 heavy (non-hydrogen) atoms. The molecule has 1 aliphatic rings. The van der Waals surface area contributed by atoms with E-state index in [1.165, 1.54) is 7.11 Å². The summed E-state index contributed by atoms with van der Waals surface area (Å²) < 4.78 is 5.24. The first-order chi connectivity index (χ1) is 14.4. The zero-order chi connectivity index (χ0) is 21.8. The lowest BCUT2D eigenvalue weighted by Crippen LogP contribution is -2.31. The van der Waals surface area contributed by atoms with Crippen LogP contribution < -0.4 is 4.74 Å². The number of rotatable bonds is 7. The molecule has 0 saturated carbocycles. The molecule has 0 bridgehead atoms. The first kappa shape index (κ1) is 21.9. The van der Waals surface area contributed by atoms with Gasteiger partial charge in [-0.05, 0) is 42.7 Å². The SMILES string of the molecule is CCCCCN1C(=O)C(=O)/C(=C(/O)c2ccc(Cl)c(OC)c2)C1c1ccccc1C. The van der Waals surface area contributed by atoms with Gasteiger partial charge < -0.3 is 14.7 Å². The second kappa shape index (κ2) is 9.35. The fourth-order valence-corrected chi connectivity index (χ4v) is 4.02. The highest BCUT2D eigenvalue weighted by Gasteiger charge is 2.46. The number of halogens is 1. The van der Waals surface area contributed by atoms with Gasteiger partial charge in [0, 0.05) is 12.1 Å². The van der Waals surface area contributed by atoms with E-state index < -0.39 is 17.7 Å². The van der Waals surface area contributed by atoms with Crippen molar-refractivity contribution in [1.29, 1.82) is 0 Å². The molecule has 3 rings (SSSR count). The van der Waals surface area contributed by atoms with Crippen molar-refractivity contribution in [1.82, 2.24) is 4.90 Å². The fraction of sp³-hybridized carbons (Fsp3) is 0.333. The Balaban J connectivity index is 2.16. The number of nitrogens with zero attached hydrogens (tertiary/aromatic N) is 1. The minimum Gasteiger partial charge on any atom is -0.507 e. The van der Waals surface area contributed by atoms with Gasteiger partial charge in [-0.15, -0.1) is 0 Å². The summed E-state index contributed by atoms with van der Waals surface area (Å²) in [6.07, 6.45) is 2.75. The van der Waals surface area contributed by atoms with Crippen LogP contribution in [0.3, 0.4) is 0 Å². The van der Waals surface area contributed by atoms with E-state index in [0.717, 1.165) is 30.4 Å². The Morgan fingerprint density at radius 3 is 2.57 bits per heavy atom. The summed E-state index contributed by atoms with van der Waals surface area (Å²) in [5.41, 5.74) is 2.25. The number of ketones is 1. The molecule has 0 radical (unpaired) electrons. The van der Waals surface area contributed by atoms with E-state index in [1.807, 2.05) is 31.2 Å². The molecule has 5 nitrogen and oxygen atoms in total. The summed E-state index contributed by atoms with van der Waals surface area (Å²) in [5, 5.41) is 11.5. The predicted molar refractivity (Wildman–Crippen MR) is 118 cm³/mol. The van der Waals surface area contributed by atoms with Gasteiger partial charge in [-0.3, -0.25) is 9.59 Å². The summed E-state index contributed by atoms with van der Waals surface area (Å²) in [5.74, 6) is -1.10. The molecule has 0 aromatic heterocycles. The highest BCUT2D eigenvalue weighted by Crippen LogP contribution is 2.41. The molecule has 1 unspecified atom stereocenters. The number of carbonyl (C=O) groups excluding carboxylic acids is 2. The van der Waals surface area contributed by atoms with Crippen LogP contribution in [0.15, 0.2) is 48.0 Å². The summed E-state index contributed by atoms with van der Waals surface area (Å²) in [7, 11) is 1.48. The van der Waals surface area contributed by atoms with Gasteiger partial charge in [0.25, 0.3) is 11.7 Å². The van der Waals surface area contributed by atoms with Crippen LogP contribution >= 0.6 is 11.6 Å². The van der Waals surface area contributed by atoms with Crippen molar-refractivity contribution in [3.05, 3.63) is 69.8 Å². The second-order valence-electron chi connectivity index (χ2n) is 7.41. The van der Waals surface area contributed by atoms with Gasteiger partial charge in [-0.1, -0.05) is 55.6 Å². The van der Waals surface area contributed by atoms with Gasteiger partial charge in [-0.2, -0.15) is 0 Å². The molecule has 1 N–H and O–H groups in total. The first-order valence-electron chi connectivity index (χ1n) is 10.1. The number of aryl methyl sites for hydroxylation is 1. The third kappa shape index (κ3) is 4.08. The average molecular weight is 428 g/mol. The maximum absolute atomic E-state index is 13.0. The van der Waals surface area contributed by atoms with Crippen molar-refractivity contribution in [2.45, 2.75) is 39.2 Å². The lowest BCUT2D eigenvalue weighted by molar-refractivity contribution is -0.139. The van der Waals surface area contributed by atoms with Gasteiger partial charge in [0.15, 0.2) is 0 Å². The highest BCUT2D eigenvalue weighted by molar-refractivity contribution is 6.46. The van der Waals surface area contributed by atoms with E-state index in [-0.39, 0.29) is 11.3 Å². The van der Waals surface area contributed by atoms with Crippen LogP contribution in [0.2, 0.25) is 5.02 Å². The predicted octanol–water partition coefficient (Wildman–Crippen LogP) is 5.27. The molecule has 2 aromatic carbocycles. The van der Waals surface area contributed by atoms with Crippen LogP contribution in [0.1, 0.15) is 48.9 Å². The Morgan fingerprint density at radius 2 is 1.90 bits per heavy atom. The topological polar surface area (TPSA) is 66.8 Å². The smallest absolute Gasteiger partial charge is 0.295 e. The normalized spacial score (nSPS) is 18.1. The third-order valence-electron chi connectivity index (χ3n) is 5.45. The second-order valence-corrected chi connectivity index (χ2v) is 7.81. The van der Waals surface area contributed by atoms with E-state index >= 15 is 0 Å². The quantitative estimate of drug-likeness (QED) is 0.283. The minimum absolute atomic E-state index is 0.0928. The van der Waals surface area contributed by atoms with Gasteiger partial charge in [0.2, 0.25) is 0 Å². The molecule has 1 atom stereocenters. The van der Waals surface area contributed by atoms with E-state index in [0.29, 0.717) is 22.9 Å². The fourth-order valence-electron chi connectivity index (χ4n) is 3.82. The van der Waals surface area contributed by atoms with E-state index in [4.69, 9.17) is 16.3 Å². The maximum Gasteiger partial charge on any atom is 0.295 e. The van der Waals surface area contributed by atoms with Crippen LogP contribution in [0.4, 0.5) is 0 Å². The highest BCUT2D eigenvalue weighted by atomic mass is 35.5. The van der Waals surface area contributed by atoms with Crippen molar-refractivity contribution in [2.75, 3.05) is 13.7 Å². The standard InChI is InChI=1S/C24H26ClNO4/c1-4-5-8-13-26-21(17-10-7-6-9-15(17)2)20(23(28)24(26)29)22(27)16-11-12-18(25)19(14-16)30-3/h6-7,9-12,14,21,27H,4-5,8,13H2,1-3H3/b22-20+. The molecular formula is C24H26ClNO4. The molecular weight excluding hydrogens is 402 g/mol.